The molecule has 0 saturated heterocycles. The number of halogens is 3. The van der Waals surface area contributed by atoms with Crippen molar-refractivity contribution in [3.8, 4) is 0 Å². The molecule has 2 aromatic rings. The van der Waals surface area contributed by atoms with Crippen LogP contribution in [0.25, 0.3) is 0 Å². The Balaban J connectivity index is 0.00000364. The second-order valence-electron chi connectivity index (χ2n) is 5.72. The fourth-order valence-electron chi connectivity index (χ4n) is 2.43. The summed E-state index contributed by atoms with van der Waals surface area (Å²) in [7, 11) is 0. The van der Waals surface area contributed by atoms with Gasteiger partial charge in [0.25, 0.3) is 5.91 Å². The van der Waals surface area contributed by atoms with E-state index in [1.54, 1.807) is 17.0 Å². The molecule has 5 nitrogen and oxygen atoms in total. The molecule has 0 saturated carbocycles. The highest BCUT2D eigenvalue weighted by atomic mass is 35.5. The molecule has 0 unspecified atom stereocenters. The van der Waals surface area contributed by atoms with E-state index in [1.165, 1.54) is 6.07 Å². The number of rotatable bonds is 8. The van der Waals surface area contributed by atoms with Crippen molar-refractivity contribution in [2.45, 2.75) is 6.42 Å². The minimum Gasteiger partial charge on any atom is -0.343 e. The third-order valence-corrected chi connectivity index (χ3v) is 4.59. The Morgan fingerprint density at radius 2 is 1.70 bits per heavy atom. The Labute approximate surface area is 175 Å². The fraction of sp³-hybridized carbons (Fsp3) is 0.263. The van der Waals surface area contributed by atoms with Crippen LogP contribution >= 0.6 is 35.6 Å². The van der Waals surface area contributed by atoms with Crippen molar-refractivity contribution in [3.63, 3.8) is 0 Å². The van der Waals surface area contributed by atoms with Crippen LogP contribution in [0.4, 0.5) is 0 Å². The maximum absolute atomic E-state index is 12.4. The summed E-state index contributed by atoms with van der Waals surface area (Å²) in [5, 5.41) is 3.27. The zero-order valence-electron chi connectivity index (χ0n) is 14.7. The van der Waals surface area contributed by atoms with E-state index in [2.05, 4.69) is 5.32 Å². The number of nitrogens with one attached hydrogen (secondary N) is 1. The zero-order valence-corrected chi connectivity index (χ0v) is 17.0. The van der Waals surface area contributed by atoms with E-state index < -0.39 is 0 Å². The Kier molecular flexibility index (Phi) is 10.2. The van der Waals surface area contributed by atoms with Gasteiger partial charge in [-0.3, -0.25) is 9.59 Å². The van der Waals surface area contributed by atoms with Crippen LogP contribution in [0.5, 0.6) is 0 Å². The van der Waals surface area contributed by atoms with Crippen molar-refractivity contribution in [1.82, 2.24) is 10.2 Å². The lowest BCUT2D eigenvalue weighted by Gasteiger charge is -2.22. The number of amides is 2. The smallest absolute Gasteiger partial charge is 0.251 e. The number of benzene rings is 2. The van der Waals surface area contributed by atoms with E-state index in [9.17, 15) is 9.59 Å². The predicted octanol–water partition coefficient (Wildman–Crippen LogP) is 3.18. The lowest BCUT2D eigenvalue weighted by Crippen LogP contribution is -2.43. The second-order valence-corrected chi connectivity index (χ2v) is 6.53. The number of carbonyl (C=O) groups excluding carboxylic acids is 2. The predicted molar refractivity (Wildman–Crippen MR) is 112 cm³/mol. The zero-order chi connectivity index (χ0) is 18.9. The number of carbonyl (C=O) groups is 2. The van der Waals surface area contributed by atoms with Gasteiger partial charge in [-0.1, -0.05) is 53.5 Å². The molecular formula is C19H22Cl3N3O2. The van der Waals surface area contributed by atoms with E-state index >= 15 is 0 Å². The summed E-state index contributed by atoms with van der Waals surface area (Å²) in [6.07, 6.45) is 0.729. The van der Waals surface area contributed by atoms with Gasteiger partial charge in [0.05, 0.1) is 16.6 Å². The van der Waals surface area contributed by atoms with E-state index in [4.69, 9.17) is 28.9 Å². The monoisotopic (exact) mass is 429 g/mol. The van der Waals surface area contributed by atoms with E-state index in [1.807, 2.05) is 30.3 Å². The standard InChI is InChI=1S/C19H21Cl2N3O2.ClH/c20-16-7-6-15(12-17(16)21)19(26)23-13-18(25)24(11-9-22)10-8-14-4-2-1-3-5-14;/h1-7,12H,8-11,13,22H2,(H,23,26);1H. The molecule has 3 N–H and O–H groups in total. The molecule has 0 aromatic heterocycles. The van der Waals surface area contributed by atoms with Gasteiger partial charge in [0.2, 0.25) is 5.91 Å². The lowest BCUT2D eigenvalue weighted by atomic mass is 10.1. The summed E-state index contributed by atoms with van der Waals surface area (Å²) < 4.78 is 0. The largest absolute Gasteiger partial charge is 0.343 e. The minimum absolute atomic E-state index is 0. The maximum atomic E-state index is 12.4. The molecule has 0 atom stereocenters. The van der Waals surface area contributed by atoms with Crippen molar-refractivity contribution in [1.29, 1.82) is 0 Å². The summed E-state index contributed by atoms with van der Waals surface area (Å²) in [4.78, 5) is 26.2. The highest BCUT2D eigenvalue weighted by Crippen LogP contribution is 2.22. The van der Waals surface area contributed by atoms with Crippen molar-refractivity contribution in [2.24, 2.45) is 5.73 Å². The third-order valence-electron chi connectivity index (χ3n) is 3.85. The number of hydrogen-bond acceptors (Lipinski definition) is 3. The van der Waals surface area contributed by atoms with Gasteiger partial charge in [-0.05, 0) is 30.2 Å². The van der Waals surface area contributed by atoms with Gasteiger partial charge in [0.15, 0.2) is 0 Å². The molecule has 2 aromatic carbocycles. The minimum atomic E-state index is -0.382. The average molecular weight is 431 g/mol. The number of hydrogen-bond donors (Lipinski definition) is 2. The molecule has 0 spiro atoms. The molecule has 146 valence electrons. The second kappa shape index (κ2) is 11.8. The third kappa shape index (κ3) is 7.39. The van der Waals surface area contributed by atoms with Gasteiger partial charge in [-0.2, -0.15) is 0 Å². The van der Waals surface area contributed by atoms with Gasteiger partial charge in [0, 0.05) is 25.2 Å². The van der Waals surface area contributed by atoms with Crippen LogP contribution in [0.3, 0.4) is 0 Å². The first kappa shape index (κ1) is 23.2. The van der Waals surface area contributed by atoms with Crippen molar-refractivity contribution >= 4 is 47.4 Å². The van der Waals surface area contributed by atoms with E-state index in [0.29, 0.717) is 35.2 Å². The highest BCUT2D eigenvalue weighted by molar-refractivity contribution is 6.42. The molecule has 2 rings (SSSR count). The van der Waals surface area contributed by atoms with Crippen molar-refractivity contribution in [3.05, 3.63) is 69.7 Å². The average Bonchev–Trinajstić information content (AvgIpc) is 2.65. The van der Waals surface area contributed by atoms with E-state index in [0.717, 1.165) is 12.0 Å². The van der Waals surface area contributed by atoms with Crippen LogP contribution in [0, 0.1) is 0 Å². The molecule has 0 bridgehead atoms. The molecular weight excluding hydrogens is 409 g/mol. The molecule has 0 heterocycles. The van der Waals surface area contributed by atoms with Crippen LogP contribution in [-0.2, 0) is 11.2 Å². The van der Waals surface area contributed by atoms with Crippen LogP contribution in [-0.4, -0.2) is 42.9 Å². The Bertz CT molecular complexity index is 757. The molecule has 0 aliphatic heterocycles. The molecule has 0 radical (unpaired) electrons. The molecule has 8 heteroatoms. The van der Waals surface area contributed by atoms with Crippen LogP contribution in [0.1, 0.15) is 15.9 Å². The summed E-state index contributed by atoms with van der Waals surface area (Å²) in [6.45, 7) is 1.24. The molecule has 27 heavy (non-hydrogen) atoms. The van der Waals surface area contributed by atoms with Crippen LogP contribution in [0.2, 0.25) is 10.0 Å². The van der Waals surface area contributed by atoms with Gasteiger partial charge in [0.1, 0.15) is 0 Å². The molecule has 0 fully saturated rings. The lowest BCUT2D eigenvalue weighted by molar-refractivity contribution is -0.130. The van der Waals surface area contributed by atoms with Gasteiger partial charge in [-0.25, -0.2) is 0 Å². The van der Waals surface area contributed by atoms with Gasteiger partial charge in [-0.15, -0.1) is 12.4 Å². The number of nitrogens with zero attached hydrogens (tertiary/aromatic N) is 1. The van der Waals surface area contributed by atoms with E-state index in [-0.39, 0.29) is 30.8 Å². The van der Waals surface area contributed by atoms with Crippen molar-refractivity contribution in [2.75, 3.05) is 26.2 Å². The van der Waals surface area contributed by atoms with Crippen LogP contribution < -0.4 is 11.1 Å². The summed E-state index contributed by atoms with van der Waals surface area (Å²) in [5.74, 6) is -0.563. The summed E-state index contributed by atoms with van der Waals surface area (Å²) in [6, 6.07) is 14.5. The Morgan fingerprint density at radius 1 is 1.00 bits per heavy atom. The first-order valence-electron chi connectivity index (χ1n) is 8.26. The maximum Gasteiger partial charge on any atom is 0.251 e. The SMILES string of the molecule is Cl.NCCN(CCc1ccccc1)C(=O)CNC(=O)c1ccc(Cl)c(Cl)c1. The van der Waals surface area contributed by atoms with Gasteiger partial charge >= 0.3 is 0 Å². The summed E-state index contributed by atoms with van der Waals surface area (Å²) >= 11 is 11.7. The normalized spacial score (nSPS) is 10.0. The highest BCUT2D eigenvalue weighted by Gasteiger charge is 2.15. The number of nitrogens with two attached hydrogens (primary N) is 1. The molecule has 0 aliphatic rings. The van der Waals surface area contributed by atoms with Gasteiger partial charge < -0.3 is 16.0 Å². The first-order chi connectivity index (χ1) is 12.5. The Hall–Kier alpha value is -1.79. The van der Waals surface area contributed by atoms with Crippen molar-refractivity contribution < 1.29 is 9.59 Å². The Morgan fingerprint density at radius 3 is 2.33 bits per heavy atom. The quantitative estimate of drug-likeness (QED) is 0.675. The fourth-order valence-corrected chi connectivity index (χ4v) is 2.73. The first-order valence-corrected chi connectivity index (χ1v) is 9.02. The topological polar surface area (TPSA) is 75.4 Å². The van der Waals surface area contributed by atoms with Crippen LogP contribution in [0.15, 0.2) is 48.5 Å². The molecule has 0 aliphatic carbocycles. The molecule has 2 amide bonds. The summed E-state index contributed by atoms with van der Waals surface area (Å²) in [5.41, 5.74) is 7.10.